The summed E-state index contributed by atoms with van der Waals surface area (Å²) in [4.78, 5) is 2.60. The van der Waals surface area contributed by atoms with Crippen molar-refractivity contribution < 1.29 is 0 Å². The van der Waals surface area contributed by atoms with Gasteiger partial charge in [0.1, 0.15) is 0 Å². The molecule has 0 aliphatic carbocycles. The van der Waals surface area contributed by atoms with E-state index in [4.69, 9.17) is 0 Å². The summed E-state index contributed by atoms with van der Waals surface area (Å²) in [6.45, 7) is 4.86. The van der Waals surface area contributed by atoms with Gasteiger partial charge in [0.05, 0.1) is 0 Å². The van der Waals surface area contributed by atoms with E-state index in [1.165, 1.54) is 38.0 Å². The topological polar surface area (TPSA) is 15.3 Å². The Kier molecular flexibility index (Phi) is 2.94. The molecule has 0 saturated carbocycles. The van der Waals surface area contributed by atoms with Crippen LogP contribution < -0.4 is 5.32 Å². The first-order valence-corrected chi connectivity index (χ1v) is 6.41. The highest BCUT2D eigenvalue weighted by Gasteiger charge is 2.33. The highest BCUT2D eigenvalue weighted by Crippen LogP contribution is 2.25. The fourth-order valence-corrected chi connectivity index (χ4v) is 3.11. The molecule has 2 fully saturated rings. The van der Waals surface area contributed by atoms with Crippen LogP contribution in [0.15, 0.2) is 30.3 Å². The molecular weight excluding hydrogens is 196 g/mol. The first-order valence-electron chi connectivity index (χ1n) is 6.41. The van der Waals surface area contributed by atoms with Gasteiger partial charge in [0.25, 0.3) is 0 Å². The zero-order valence-electron chi connectivity index (χ0n) is 9.73. The first-order chi connectivity index (χ1) is 7.92. The first kappa shape index (κ1) is 10.3. The van der Waals surface area contributed by atoms with Gasteiger partial charge < -0.3 is 5.32 Å². The second-order valence-electron chi connectivity index (χ2n) is 5.14. The van der Waals surface area contributed by atoms with Gasteiger partial charge in [-0.2, -0.15) is 0 Å². The second kappa shape index (κ2) is 4.56. The van der Waals surface area contributed by atoms with Gasteiger partial charge >= 0.3 is 0 Å². The van der Waals surface area contributed by atoms with Crippen LogP contribution in [0.1, 0.15) is 18.4 Å². The summed E-state index contributed by atoms with van der Waals surface area (Å²) in [5, 5.41) is 3.66. The van der Waals surface area contributed by atoms with Gasteiger partial charge in [-0.3, -0.25) is 4.90 Å². The Balaban J connectivity index is 1.61. The van der Waals surface area contributed by atoms with Gasteiger partial charge in [-0.05, 0) is 30.9 Å². The quantitative estimate of drug-likeness (QED) is 0.812. The van der Waals surface area contributed by atoms with E-state index in [1.54, 1.807) is 0 Å². The van der Waals surface area contributed by atoms with Crippen LogP contribution in [0, 0.1) is 5.92 Å². The zero-order chi connectivity index (χ0) is 10.8. The van der Waals surface area contributed by atoms with Gasteiger partial charge in [0, 0.05) is 25.7 Å². The largest absolute Gasteiger partial charge is 0.312 e. The summed E-state index contributed by atoms with van der Waals surface area (Å²) < 4.78 is 0. The Hall–Kier alpha value is -0.860. The van der Waals surface area contributed by atoms with Crippen LogP contribution in [-0.2, 0) is 6.54 Å². The average Bonchev–Trinajstić information content (AvgIpc) is 2.72. The third-order valence-corrected chi connectivity index (χ3v) is 3.92. The molecule has 1 aromatic rings. The molecule has 2 nitrogen and oxygen atoms in total. The Bertz CT molecular complexity index is 322. The number of benzene rings is 1. The van der Waals surface area contributed by atoms with E-state index in [-0.39, 0.29) is 0 Å². The molecule has 0 bridgehead atoms. The molecule has 2 saturated heterocycles. The van der Waals surface area contributed by atoms with E-state index in [9.17, 15) is 0 Å². The van der Waals surface area contributed by atoms with Gasteiger partial charge in [0.15, 0.2) is 0 Å². The number of rotatable bonds is 2. The van der Waals surface area contributed by atoms with Crippen LogP contribution >= 0.6 is 0 Å². The molecular formula is C14H20N2. The van der Waals surface area contributed by atoms with E-state index >= 15 is 0 Å². The maximum Gasteiger partial charge on any atom is 0.0235 e. The Labute approximate surface area is 97.6 Å². The fourth-order valence-electron chi connectivity index (χ4n) is 3.11. The monoisotopic (exact) mass is 216 g/mol. The minimum Gasteiger partial charge on any atom is -0.312 e. The number of hydrogen-bond donors (Lipinski definition) is 1. The van der Waals surface area contributed by atoms with E-state index in [2.05, 4.69) is 40.5 Å². The smallest absolute Gasteiger partial charge is 0.0235 e. The van der Waals surface area contributed by atoms with Crippen molar-refractivity contribution in [3.05, 3.63) is 35.9 Å². The summed E-state index contributed by atoms with van der Waals surface area (Å²) in [5.41, 5.74) is 1.45. The van der Waals surface area contributed by atoms with E-state index in [1.807, 2.05) is 0 Å². The Morgan fingerprint density at radius 1 is 1.19 bits per heavy atom. The third-order valence-electron chi connectivity index (χ3n) is 3.92. The Morgan fingerprint density at radius 2 is 2.06 bits per heavy atom. The molecule has 0 radical (unpaired) electrons. The maximum atomic E-state index is 3.66. The number of likely N-dealkylation sites (tertiary alicyclic amines) is 1. The number of fused-ring (bicyclic) bond motifs is 1. The predicted octanol–water partition coefficient (Wildman–Crippen LogP) is 1.87. The van der Waals surface area contributed by atoms with Gasteiger partial charge in [-0.15, -0.1) is 0 Å². The lowest BCUT2D eigenvalue weighted by Crippen LogP contribution is -2.40. The molecule has 1 N–H and O–H groups in total. The van der Waals surface area contributed by atoms with Gasteiger partial charge in [-0.1, -0.05) is 30.3 Å². The molecule has 0 spiro atoms. The lowest BCUT2D eigenvalue weighted by Gasteiger charge is -2.24. The van der Waals surface area contributed by atoms with Crippen molar-refractivity contribution in [3.63, 3.8) is 0 Å². The van der Waals surface area contributed by atoms with Crippen molar-refractivity contribution in [3.8, 4) is 0 Å². The molecule has 0 aromatic heterocycles. The van der Waals surface area contributed by atoms with Gasteiger partial charge in [0.2, 0.25) is 0 Å². The maximum absolute atomic E-state index is 3.66. The standard InChI is InChI=1S/C14H20N2/c1-2-5-12(6-3-1)9-16-10-13-7-4-8-15-14(13)11-16/h1-3,5-6,13-15H,4,7-11H2/t13-,14-/m1/s1. The van der Waals surface area contributed by atoms with Crippen molar-refractivity contribution in [2.45, 2.75) is 25.4 Å². The minimum absolute atomic E-state index is 0.762. The predicted molar refractivity (Wildman–Crippen MR) is 66.2 cm³/mol. The molecule has 0 amide bonds. The van der Waals surface area contributed by atoms with Crippen molar-refractivity contribution >= 4 is 0 Å². The molecule has 86 valence electrons. The summed E-state index contributed by atoms with van der Waals surface area (Å²) in [5.74, 6) is 0.900. The van der Waals surface area contributed by atoms with Crippen LogP contribution in [0.5, 0.6) is 0 Å². The van der Waals surface area contributed by atoms with Crippen LogP contribution in [0.3, 0.4) is 0 Å². The van der Waals surface area contributed by atoms with E-state index in [0.29, 0.717) is 0 Å². The fraction of sp³-hybridized carbons (Fsp3) is 0.571. The molecule has 3 rings (SSSR count). The van der Waals surface area contributed by atoms with Crippen LogP contribution in [0.2, 0.25) is 0 Å². The van der Waals surface area contributed by atoms with Crippen molar-refractivity contribution in [1.82, 2.24) is 10.2 Å². The summed E-state index contributed by atoms with van der Waals surface area (Å²) in [6.07, 6.45) is 2.78. The van der Waals surface area contributed by atoms with Gasteiger partial charge in [-0.25, -0.2) is 0 Å². The number of nitrogens with zero attached hydrogens (tertiary/aromatic N) is 1. The highest BCUT2D eigenvalue weighted by atomic mass is 15.2. The number of piperidine rings is 1. The molecule has 0 unspecified atom stereocenters. The molecule has 2 atom stereocenters. The molecule has 1 aromatic carbocycles. The molecule has 2 heteroatoms. The van der Waals surface area contributed by atoms with Crippen molar-refractivity contribution in [2.75, 3.05) is 19.6 Å². The minimum atomic E-state index is 0.762. The summed E-state index contributed by atoms with van der Waals surface area (Å²) in [7, 11) is 0. The normalized spacial score (nSPS) is 30.2. The average molecular weight is 216 g/mol. The van der Waals surface area contributed by atoms with Crippen molar-refractivity contribution in [2.24, 2.45) is 5.92 Å². The summed E-state index contributed by atoms with van der Waals surface area (Å²) >= 11 is 0. The van der Waals surface area contributed by atoms with Crippen LogP contribution in [-0.4, -0.2) is 30.6 Å². The number of nitrogens with one attached hydrogen (secondary N) is 1. The highest BCUT2D eigenvalue weighted by molar-refractivity contribution is 5.15. The van der Waals surface area contributed by atoms with Crippen molar-refractivity contribution in [1.29, 1.82) is 0 Å². The molecule has 2 aliphatic heterocycles. The van der Waals surface area contributed by atoms with E-state index in [0.717, 1.165) is 18.5 Å². The SMILES string of the molecule is c1ccc(CN2C[C@H]3CCCN[C@@H]3C2)cc1. The lowest BCUT2D eigenvalue weighted by molar-refractivity contribution is 0.312. The molecule has 16 heavy (non-hydrogen) atoms. The van der Waals surface area contributed by atoms with E-state index < -0.39 is 0 Å². The number of hydrogen-bond acceptors (Lipinski definition) is 2. The van der Waals surface area contributed by atoms with Crippen LogP contribution in [0.4, 0.5) is 0 Å². The lowest BCUT2D eigenvalue weighted by atomic mass is 9.94. The third kappa shape index (κ3) is 2.13. The second-order valence-corrected chi connectivity index (χ2v) is 5.14. The Morgan fingerprint density at radius 3 is 2.88 bits per heavy atom. The zero-order valence-corrected chi connectivity index (χ0v) is 9.73. The summed E-state index contributed by atoms with van der Waals surface area (Å²) in [6, 6.07) is 11.6. The molecule has 2 heterocycles. The molecule has 2 aliphatic rings. The van der Waals surface area contributed by atoms with Crippen LogP contribution in [0.25, 0.3) is 0 Å².